The Bertz CT molecular complexity index is 695. The summed E-state index contributed by atoms with van der Waals surface area (Å²) in [6.07, 6.45) is 3.96. The van der Waals surface area contributed by atoms with Crippen molar-refractivity contribution >= 4 is 28.4 Å². The smallest absolute Gasteiger partial charge is 0.227 e. The predicted molar refractivity (Wildman–Crippen MR) is 98.6 cm³/mol. The number of rotatable bonds is 4. The number of ether oxygens (including phenoxy) is 1. The molecule has 0 saturated carbocycles. The number of anilines is 3. The van der Waals surface area contributed by atoms with E-state index >= 15 is 0 Å². The first-order chi connectivity index (χ1) is 12.3. The topological polar surface area (TPSA) is 79.3 Å². The van der Waals surface area contributed by atoms with Crippen molar-refractivity contribution in [1.29, 1.82) is 0 Å². The Morgan fingerprint density at radius 1 is 1.12 bits per heavy atom. The molecule has 2 aromatic heterocycles. The molecule has 0 aliphatic carbocycles. The molecule has 2 aromatic rings. The van der Waals surface area contributed by atoms with Crippen LogP contribution in [0.15, 0.2) is 12.3 Å². The van der Waals surface area contributed by atoms with E-state index in [1.54, 1.807) is 0 Å². The van der Waals surface area contributed by atoms with Gasteiger partial charge in [-0.15, -0.1) is 0 Å². The molecule has 0 aromatic carbocycles. The molecule has 0 bridgehead atoms. The van der Waals surface area contributed by atoms with Crippen LogP contribution in [0.2, 0.25) is 0 Å². The van der Waals surface area contributed by atoms with Crippen molar-refractivity contribution in [1.82, 2.24) is 19.3 Å². The molecule has 0 atom stereocenters. The Hall–Kier alpha value is -2.00. The number of aromatic nitrogens is 4. The second-order valence-corrected chi connectivity index (χ2v) is 7.10. The lowest BCUT2D eigenvalue weighted by Gasteiger charge is -2.32. The van der Waals surface area contributed by atoms with Crippen molar-refractivity contribution in [2.45, 2.75) is 25.8 Å². The quantitative estimate of drug-likeness (QED) is 0.879. The van der Waals surface area contributed by atoms with E-state index in [0.717, 1.165) is 75.0 Å². The van der Waals surface area contributed by atoms with Gasteiger partial charge in [0.1, 0.15) is 11.6 Å². The molecule has 0 unspecified atom stereocenters. The number of hydrogen-bond donors (Lipinski definition) is 1. The van der Waals surface area contributed by atoms with Gasteiger partial charge in [0, 0.05) is 50.0 Å². The summed E-state index contributed by atoms with van der Waals surface area (Å²) in [6.45, 7) is 7.11. The zero-order chi connectivity index (χ0) is 17.1. The van der Waals surface area contributed by atoms with E-state index in [0.29, 0.717) is 6.04 Å². The number of morpholine rings is 1. The molecule has 9 heteroatoms. The summed E-state index contributed by atoms with van der Waals surface area (Å²) in [4.78, 5) is 18.1. The van der Waals surface area contributed by atoms with E-state index in [4.69, 9.17) is 4.74 Å². The van der Waals surface area contributed by atoms with Gasteiger partial charge in [-0.1, -0.05) is 0 Å². The molecule has 25 heavy (non-hydrogen) atoms. The van der Waals surface area contributed by atoms with Crippen LogP contribution in [0, 0.1) is 6.92 Å². The van der Waals surface area contributed by atoms with Crippen molar-refractivity contribution in [2.75, 3.05) is 54.5 Å². The Morgan fingerprint density at radius 3 is 2.64 bits per heavy atom. The number of nitrogens with zero attached hydrogens (tertiary/aromatic N) is 6. The summed E-state index contributed by atoms with van der Waals surface area (Å²) in [6, 6.07) is 2.38. The van der Waals surface area contributed by atoms with Gasteiger partial charge in [0.2, 0.25) is 11.1 Å². The van der Waals surface area contributed by atoms with E-state index in [2.05, 4.69) is 34.4 Å². The zero-order valence-corrected chi connectivity index (χ0v) is 15.2. The molecule has 4 heterocycles. The number of piperidine rings is 1. The zero-order valence-electron chi connectivity index (χ0n) is 14.4. The van der Waals surface area contributed by atoms with E-state index in [1.165, 1.54) is 11.5 Å². The van der Waals surface area contributed by atoms with Gasteiger partial charge in [-0.3, -0.25) is 0 Å². The molecule has 134 valence electrons. The third-order valence-corrected chi connectivity index (χ3v) is 5.44. The van der Waals surface area contributed by atoms with Gasteiger partial charge in [-0.2, -0.15) is 9.36 Å². The third-order valence-electron chi connectivity index (χ3n) is 4.57. The van der Waals surface area contributed by atoms with Gasteiger partial charge in [0.15, 0.2) is 0 Å². The maximum Gasteiger partial charge on any atom is 0.227 e. The highest BCUT2D eigenvalue weighted by atomic mass is 32.1. The summed E-state index contributed by atoms with van der Waals surface area (Å²) in [5, 5.41) is 4.60. The van der Waals surface area contributed by atoms with Gasteiger partial charge >= 0.3 is 0 Å². The number of aryl methyl sites for hydroxylation is 1. The Balaban J connectivity index is 1.34. The van der Waals surface area contributed by atoms with Crippen LogP contribution in [0.4, 0.5) is 16.9 Å². The van der Waals surface area contributed by atoms with Crippen LogP contribution in [-0.2, 0) is 4.74 Å². The Labute approximate surface area is 151 Å². The Morgan fingerprint density at radius 2 is 1.92 bits per heavy atom. The van der Waals surface area contributed by atoms with Crippen LogP contribution >= 0.6 is 11.5 Å². The average molecular weight is 361 g/mol. The molecular formula is C16H23N7OS. The first kappa shape index (κ1) is 16.5. The van der Waals surface area contributed by atoms with Gasteiger partial charge in [-0.25, -0.2) is 9.97 Å². The second kappa shape index (κ2) is 7.49. The fourth-order valence-corrected chi connectivity index (χ4v) is 3.91. The van der Waals surface area contributed by atoms with Crippen LogP contribution in [-0.4, -0.2) is 64.8 Å². The number of nitrogens with one attached hydrogen (secondary N) is 1. The molecule has 0 spiro atoms. The summed E-state index contributed by atoms with van der Waals surface area (Å²) in [7, 11) is 0. The van der Waals surface area contributed by atoms with Crippen LogP contribution in [0.5, 0.6) is 0 Å². The monoisotopic (exact) mass is 361 g/mol. The summed E-state index contributed by atoms with van der Waals surface area (Å²) in [5.41, 5.74) is 0. The van der Waals surface area contributed by atoms with Crippen molar-refractivity contribution in [3.63, 3.8) is 0 Å². The predicted octanol–water partition coefficient (Wildman–Crippen LogP) is 1.55. The van der Waals surface area contributed by atoms with Crippen molar-refractivity contribution in [3.05, 3.63) is 18.1 Å². The minimum Gasteiger partial charge on any atom is -0.378 e. The molecule has 0 radical (unpaired) electrons. The van der Waals surface area contributed by atoms with Gasteiger partial charge in [0.05, 0.1) is 13.2 Å². The minimum absolute atomic E-state index is 0.428. The van der Waals surface area contributed by atoms with Crippen LogP contribution < -0.4 is 15.1 Å². The van der Waals surface area contributed by atoms with Crippen molar-refractivity contribution in [3.8, 4) is 0 Å². The van der Waals surface area contributed by atoms with E-state index in [9.17, 15) is 0 Å². The lowest BCUT2D eigenvalue weighted by molar-refractivity contribution is 0.122. The molecule has 2 fully saturated rings. The average Bonchev–Trinajstić information content (AvgIpc) is 3.10. The van der Waals surface area contributed by atoms with E-state index in [1.807, 2.05) is 19.2 Å². The van der Waals surface area contributed by atoms with Crippen LogP contribution in [0.25, 0.3) is 0 Å². The molecular weight excluding hydrogens is 338 g/mol. The molecule has 2 saturated heterocycles. The van der Waals surface area contributed by atoms with Gasteiger partial charge < -0.3 is 19.9 Å². The molecule has 2 aliphatic rings. The summed E-state index contributed by atoms with van der Waals surface area (Å²) >= 11 is 1.49. The largest absolute Gasteiger partial charge is 0.378 e. The fourth-order valence-electron chi connectivity index (χ4n) is 3.18. The SMILES string of the molecule is Cc1nsc(N2CCC(Nc3ccnc(N4CCOCC4)n3)CC2)n1. The molecule has 0 amide bonds. The van der Waals surface area contributed by atoms with E-state index in [-0.39, 0.29) is 0 Å². The molecule has 2 aliphatic heterocycles. The maximum absolute atomic E-state index is 5.39. The first-order valence-electron chi connectivity index (χ1n) is 8.75. The third kappa shape index (κ3) is 3.98. The van der Waals surface area contributed by atoms with Gasteiger partial charge in [0.25, 0.3) is 0 Å². The van der Waals surface area contributed by atoms with Crippen LogP contribution in [0.3, 0.4) is 0 Å². The standard InChI is InChI=1S/C16H23N7OS/c1-12-18-16(25-21-12)23-6-3-13(4-7-23)19-14-2-5-17-15(20-14)22-8-10-24-11-9-22/h2,5,13H,3-4,6-11H2,1H3,(H,17,19,20). The fraction of sp³-hybridized carbons (Fsp3) is 0.625. The van der Waals surface area contributed by atoms with Gasteiger partial charge in [-0.05, 0) is 25.8 Å². The number of hydrogen-bond acceptors (Lipinski definition) is 9. The molecule has 4 rings (SSSR count). The highest BCUT2D eigenvalue weighted by Crippen LogP contribution is 2.23. The molecule has 1 N–H and O–H groups in total. The summed E-state index contributed by atoms with van der Waals surface area (Å²) < 4.78 is 9.67. The first-order valence-corrected chi connectivity index (χ1v) is 9.53. The van der Waals surface area contributed by atoms with Crippen molar-refractivity contribution in [2.24, 2.45) is 0 Å². The lowest BCUT2D eigenvalue weighted by Crippen LogP contribution is -2.39. The minimum atomic E-state index is 0.428. The highest BCUT2D eigenvalue weighted by Gasteiger charge is 2.22. The highest BCUT2D eigenvalue weighted by molar-refractivity contribution is 7.09. The van der Waals surface area contributed by atoms with E-state index < -0.39 is 0 Å². The normalized spacial score (nSPS) is 19.2. The summed E-state index contributed by atoms with van der Waals surface area (Å²) in [5.74, 6) is 2.55. The molecule has 8 nitrogen and oxygen atoms in total. The second-order valence-electron chi connectivity index (χ2n) is 6.37. The van der Waals surface area contributed by atoms with Crippen LogP contribution in [0.1, 0.15) is 18.7 Å². The van der Waals surface area contributed by atoms with Crippen molar-refractivity contribution < 1.29 is 4.74 Å². The lowest BCUT2D eigenvalue weighted by atomic mass is 10.1. The maximum atomic E-state index is 5.39. The Kier molecular flexibility index (Phi) is 4.93.